The molecule has 0 aliphatic carbocycles. The maximum absolute atomic E-state index is 5.26. The van der Waals surface area contributed by atoms with Gasteiger partial charge in [-0.25, -0.2) is 9.97 Å². The van der Waals surface area contributed by atoms with Gasteiger partial charge in [-0.1, -0.05) is 0 Å². The fourth-order valence-electron chi connectivity index (χ4n) is 0.720. The van der Waals surface area contributed by atoms with E-state index in [-0.39, 0.29) is 6.10 Å². The first-order chi connectivity index (χ1) is 5.34. The maximum atomic E-state index is 5.26. The van der Waals surface area contributed by atoms with Gasteiger partial charge in [0.2, 0.25) is 0 Å². The van der Waals surface area contributed by atoms with E-state index in [1.165, 1.54) is 18.4 Å². The molecule has 0 spiro atoms. The molecule has 1 atom stereocenters. The summed E-state index contributed by atoms with van der Waals surface area (Å²) >= 11 is 1.35. The van der Waals surface area contributed by atoms with Crippen LogP contribution in [0.2, 0.25) is 0 Å². The second-order valence-electron chi connectivity index (χ2n) is 2.08. The van der Waals surface area contributed by atoms with Gasteiger partial charge in [0.15, 0.2) is 0 Å². The first-order valence-electron chi connectivity index (χ1n) is 3.29. The highest BCUT2D eigenvalue weighted by molar-refractivity contribution is 7.93. The Morgan fingerprint density at radius 3 is 2.64 bits per heavy atom. The predicted molar refractivity (Wildman–Crippen MR) is 45.0 cm³/mol. The summed E-state index contributed by atoms with van der Waals surface area (Å²) < 4.78 is 5.26. The van der Waals surface area contributed by atoms with Crippen LogP contribution in [0, 0.1) is 0 Å². The average Bonchev–Trinajstić information content (AvgIpc) is 2.07. The highest BCUT2D eigenvalue weighted by atomic mass is 32.2. The van der Waals surface area contributed by atoms with Crippen LogP contribution in [0.4, 0.5) is 0 Å². The number of hydrogen-bond donors (Lipinski definition) is 0. The van der Waals surface area contributed by atoms with Crippen molar-refractivity contribution in [2.24, 2.45) is 0 Å². The van der Waals surface area contributed by atoms with Crippen LogP contribution >= 0.6 is 12.0 Å². The Balaban J connectivity index is 2.61. The van der Waals surface area contributed by atoms with E-state index in [4.69, 9.17) is 4.18 Å². The molecular weight excluding hydrogens is 160 g/mol. The van der Waals surface area contributed by atoms with Gasteiger partial charge in [0.1, 0.15) is 6.33 Å². The van der Waals surface area contributed by atoms with Crippen molar-refractivity contribution in [3.8, 4) is 0 Å². The summed E-state index contributed by atoms with van der Waals surface area (Å²) in [5.74, 6) is 0. The number of nitrogens with zero attached hydrogens (tertiary/aromatic N) is 2. The fourth-order valence-corrected chi connectivity index (χ4v) is 1.12. The number of rotatable bonds is 3. The molecule has 0 radical (unpaired) electrons. The number of hydrogen-bond acceptors (Lipinski definition) is 4. The standard InChI is InChI=1S/C7H10N2OS/c1-6(10-11-2)7-3-8-5-9-4-7/h3-6H,1-2H3. The summed E-state index contributed by atoms with van der Waals surface area (Å²) in [5.41, 5.74) is 1.00. The highest BCUT2D eigenvalue weighted by Crippen LogP contribution is 2.18. The molecule has 11 heavy (non-hydrogen) atoms. The molecule has 1 aromatic heterocycles. The summed E-state index contributed by atoms with van der Waals surface area (Å²) in [5, 5.41) is 0. The zero-order valence-corrected chi connectivity index (χ0v) is 7.34. The van der Waals surface area contributed by atoms with E-state index >= 15 is 0 Å². The zero-order chi connectivity index (χ0) is 8.10. The molecule has 4 heteroatoms. The minimum Gasteiger partial charge on any atom is -0.308 e. The van der Waals surface area contributed by atoms with Crippen molar-refractivity contribution >= 4 is 12.0 Å². The Hall–Kier alpha value is -0.610. The van der Waals surface area contributed by atoms with Crippen molar-refractivity contribution in [1.82, 2.24) is 9.97 Å². The van der Waals surface area contributed by atoms with Crippen molar-refractivity contribution < 1.29 is 4.18 Å². The molecule has 0 N–H and O–H groups in total. The summed E-state index contributed by atoms with van der Waals surface area (Å²) in [6, 6.07) is 0. The third-order valence-electron chi connectivity index (χ3n) is 1.29. The van der Waals surface area contributed by atoms with E-state index in [0.29, 0.717) is 0 Å². The van der Waals surface area contributed by atoms with E-state index in [9.17, 15) is 0 Å². The Bertz CT molecular complexity index is 205. The quantitative estimate of drug-likeness (QED) is 0.648. The Labute approximate surface area is 70.4 Å². The van der Waals surface area contributed by atoms with E-state index < -0.39 is 0 Å². The molecule has 1 unspecified atom stereocenters. The largest absolute Gasteiger partial charge is 0.308 e. The van der Waals surface area contributed by atoms with Gasteiger partial charge in [0.05, 0.1) is 6.10 Å². The molecular formula is C7H10N2OS. The molecule has 0 fully saturated rings. The van der Waals surface area contributed by atoms with Gasteiger partial charge in [-0.05, 0) is 19.0 Å². The lowest BCUT2D eigenvalue weighted by Crippen LogP contribution is -1.95. The van der Waals surface area contributed by atoms with E-state index in [1.54, 1.807) is 12.4 Å². The van der Waals surface area contributed by atoms with Crippen molar-refractivity contribution in [2.45, 2.75) is 13.0 Å². The second kappa shape index (κ2) is 4.31. The van der Waals surface area contributed by atoms with Gasteiger partial charge in [-0.3, -0.25) is 0 Å². The molecule has 0 amide bonds. The van der Waals surface area contributed by atoms with Crippen LogP contribution in [0.25, 0.3) is 0 Å². The molecule has 1 rings (SSSR count). The lowest BCUT2D eigenvalue weighted by molar-refractivity contribution is 0.273. The van der Waals surface area contributed by atoms with Crippen molar-refractivity contribution in [3.63, 3.8) is 0 Å². The second-order valence-corrected chi connectivity index (χ2v) is 2.60. The van der Waals surface area contributed by atoms with Crippen molar-refractivity contribution in [2.75, 3.05) is 6.26 Å². The van der Waals surface area contributed by atoms with Gasteiger partial charge in [0.25, 0.3) is 0 Å². The van der Waals surface area contributed by atoms with Crippen LogP contribution in [0.1, 0.15) is 18.6 Å². The fraction of sp³-hybridized carbons (Fsp3) is 0.429. The normalized spacial score (nSPS) is 12.9. The van der Waals surface area contributed by atoms with Gasteiger partial charge in [-0.15, -0.1) is 0 Å². The molecule has 1 heterocycles. The predicted octanol–water partition coefficient (Wildman–Crippen LogP) is 1.83. The van der Waals surface area contributed by atoms with Crippen LogP contribution in [-0.2, 0) is 4.18 Å². The zero-order valence-electron chi connectivity index (χ0n) is 6.52. The first kappa shape index (κ1) is 8.49. The van der Waals surface area contributed by atoms with E-state index in [2.05, 4.69) is 9.97 Å². The highest BCUT2D eigenvalue weighted by Gasteiger charge is 2.04. The lowest BCUT2D eigenvalue weighted by atomic mass is 10.2. The molecule has 0 bridgehead atoms. The average molecular weight is 170 g/mol. The van der Waals surface area contributed by atoms with Crippen LogP contribution in [0.5, 0.6) is 0 Å². The summed E-state index contributed by atoms with van der Waals surface area (Å²) in [7, 11) is 0. The molecule has 0 saturated heterocycles. The van der Waals surface area contributed by atoms with Gasteiger partial charge in [-0.2, -0.15) is 0 Å². The van der Waals surface area contributed by atoms with E-state index in [0.717, 1.165) is 5.56 Å². The maximum Gasteiger partial charge on any atom is 0.115 e. The van der Waals surface area contributed by atoms with Gasteiger partial charge in [0, 0.05) is 24.2 Å². The third-order valence-corrected chi connectivity index (χ3v) is 1.77. The minimum absolute atomic E-state index is 0.0613. The Morgan fingerprint density at radius 2 is 2.09 bits per heavy atom. The number of aromatic nitrogens is 2. The summed E-state index contributed by atoms with van der Waals surface area (Å²) in [6.07, 6.45) is 6.98. The van der Waals surface area contributed by atoms with E-state index in [1.807, 2.05) is 13.2 Å². The van der Waals surface area contributed by atoms with Crippen LogP contribution < -0.4 is 0 Å². The molecule has 60 valence electrons. The molecule has 1 aromatic rings. The van der Waals surface area contributed by atoms with Crippen LogP contribution in [0.3, 0.4) is 0 Å². The first-order valence-corrected chi connectivity index (χ1v) is 4.44. The molecule has 0 aromatic carbocycles. The Kier molecular flexibility index (Phi) is 3.32. The molecule has 0 aliphatic heterocycles. The topological polar surface area (TPSA) is 35.0 Å². The molecule has 0 saturated carbocycles. The summed E-state index contributed by atoms with van der Waals surface area (Å²) in [4.78, 5) is 7.78. The van der Waals surface area contributed by atoms with Crippen molar-refractivity contribution in [1.29, 1.82) is 0 Å². The minimum atomic E-state index is 0.0613. The van der Waals surface area contributed by atoms with Gasteiger partial charge < -0.3 is 4.18 Å². The van der Waals surface area contributed by atoms with Gasteiger partial charge >= 0.3 is 0 Å². The SMILES string of the molecule is CSOC(C)c1cncnc1. The lowest BCUT2D eigenvalue weighted by Gasteiger charge is -2.07. The van der Waals surface area contributed by atoms with Crippen LogP contribution in [-0.4, -0.2) is 16.2 Å². The summed E-state index contributed by atoms with van der Waals surface area (Å²) in [6.45, 7) is 1.97. The van der Waals surface area contributed by atoms with Crippen LogP contribution in [0.15, 0.2) is 18.7 Å². The molecule has 0 aliphatic rings. The smallest absolute Gasteiger partial charge is 0.115 e. The Morgan fingerprint density at radius 1 is 1.45 bits per heavy atom. The molecule has 3 nitrogen and oxygen atoms in total. The monoisotopic (exact) mass is 170 g/mol. The van der Waals surface area contributed by atoms with Crippen molar-refractivity contribution in [3.05, 3.63) is 24.3 Å². The third kappa shape index (κ3) is 2.48.